The fourth-order valence-corrected chi connectivity index (χ4v) is 5.92. The summed E-state index contributed by atoms with van der Waals surface area (Å²) >= 11 is 0. The van der Waals surface area contributed by atoms with Crippen LogP contribution in [0.3, 0.4) is 0 Å². The number of hydrogen-bond donors (Lipinski definition) is 1. The Morgan fingerprint density at radius 1 is 1.14 bits per heavy atom. The van der Waals surface area contributed by atoms with Gasteiger partial charge >= 0.3 is 0 Å². The third-order valence-corrected chi connectivity index (χ3v) is 7.28. The van der Waals surface area contributed by atoms with Gasteiger partial charge in [-0.1, -0.05) is 45.9 Å². The Balaban J connectivity index is 1.55. The first-order chi connectivity index (χ1) is 16.8. The first-order valence-electron chi connectivity index (χ1n) is 12.7. The standard InChI is InChI=1S/C29H34FN3O2/c1-17(2)26-21-9-10-23(30)28(33-15-18(3)13-19(4)16-33)27(21)31-14-22(26)29(34)32-24-11-12-35-25-8-6-5-7-20(24)25/h5-10,14,17-19,24H,11-13,15-16H2,1-4H3,(H,32,34)/t18-,19+,24-/m0/s1. The van der Waals surface area contributed by atoms with Crippen LogP contribution in [0, 0.1) is 17.7 Å². The molecule has 2 aromatic carbocycles. The van der Waals surface area contributed by atoms with Crippen molar-refractivity contribution in [1.82, 2.24) is 10.3 Å². The predicted molar refractivity (Wildman–Crippen MR) is 138 cm³/mol. The zero-order valence-electron chi connectivity index (χ0n) is 21.0. The first kappa shape index (κ1) is 23.6. The summed E-state index contributed by atoms with van der Waals surface area (Å²) in [5.74, 6) is 1.46. The Bertz CT molecular complexity index is 1250. The van der Waals surface area contributed by atoms with E-state index in [1.54, 1.807) is 12.3 Å². The summed E-state index contributed by atoms with van der Waals surface area (Å²) in [6, 6.07) is 11.0. The maximum absolute atomic E-state index is 15.2. The highest BCUT2D eigenvalue weighted by molar-refractivity contribution is 6.03. The Labute approximate surface area is 206 Å². The van der Waals surface area contributed by atoms with Gasteiger partial charge < -0.3 is 15.0 Å². The summed E-state index contributed by atoms with van der Waals surface area (Å²) in [4.78, 5) is 20.4. The number of carbonyl (C=O) groups excluding carboxylic acids is 1. The summed E-state index contributed by atoms with van der Waals surface area (Å²) in [5, 5.41) is 4.06. The van der Waals surface area contributed by atoms with E-state index in [1.807, 2.05) is 24.3 Å². The quantitative estimate of drug-likeness (QED) is 0.486. The highest BCUT2D eigenvalue weighted by Crippen LogP contribution is 2.38. The Morgan fingerprint density at radius 3 is 2.63 bits per heavy atom. The number of fused-ring (bicyclic) bond motifs is 2. The second-order valence-electron chi connectivity index (χ2n) is 10.6. The van der Waals surface area contributed by atoms with Gasteiger partial charge in [0.2, 0.25) is 0 Å². The van der Waals surface area contributed by atoms with Crippen LogP contribution < -0.4 is 15.0 Å². The fourth-order valence-electron chi connectivity index (χ4n) is 5.92. The minimum absolute atomic E-state index is 0.0701. The van der Waals surface area contributed by atoms with Crippen LogP contribution in [-0.2, 0) is 0 Å². The number of amides is 1. The van der Waals surface area contributed by atoms with E-state index in [1.165, 1.54) is 6.07 Å². The molecule has 3 heterocycles. The molecular formula is C29H34FN3O2. The van der Waals surface area contributed by atoms with Crippen molar-refractivity contribution in [2.75, 3.05) is 24.6 Å². The molecule has 1 amide bonds. The Hall–Kier alpha value is -3.15. The number of nitrogens with one attached hydrogen (secondary N) is 1. The number of piperidine rings is 1. The Morgan fingerprint density at radius 2 is 1.89 bits per heavy atom. The van der Waals surface area contributed by atoms with Crippen molar-refractivity contribution in [1.29, 1.82) is 0 Å². The lowest BCUT2D eigenvalue weighted by molar-refractivity contribution is 0.0923. The van der Waals surface area contributed by atoms with Gasteiger partial charge in [-0.15, -0.1) is 0 Å². The van der Waals surface area contributed by atoms with Crippen molar-refractivity contribution in [3.8, 4) is 5.75 Å². The molecule has 5 nitrogen and oxygen atoms in total. The molecule has 0 bridgehead atoms. The number of rotatable bonds is 4. The molecule has 5 rings (SSSR count). The molecule has 1 N–H and O–H groups in total. The van der Waals surface area contributed by atoms with E-state index in [-0.39, 0.29) is 23.7 Å². The molecule has 2 aliphatic heterocycles. The van der Waals surface area contributed by atoms with Gasteiger partial charge in [-0.25, -0.2) is 4.39 Å². The average Bonchev–Trinajstić information content (AvgIpc) is 2.82. The highest BCUT2D eigenvalue weighted by Gasteiger charge is 2.29. The number of pyridine rings is 1. The van der Waals surface area contributed by atoms with Crippen LogP contribution in [0.2, 0.25) is 0 Å². The number of halogens is 1. The van der Waals surface area contributed by atoms with Crippen LogP contribution in [0.1, 0.15) is 74.0 Å². The van der Waals surface area contributed by atoms with E-state index in [4.69, 9.17) is 9.72 Å². The lowest BCUT2D eigenvalue weighted by Crippen LogP contribution is -2.39. The third-order valence-electron chi connectivity index (χ3n) is 7.28. The third kappa shape index (κ3) is 4.46. The lowest BCUT2D eigenvalue weighted by atomic mass is 9.90. The molecule has 0 radical (unpaired) electrons. The number of benzene rings is 2. The molecule has 35 heavy (non-hydrogen) atoms. The SMILES string of the molecule is CC(C)c1c(C(=O)N[C@H]2CCOc3ccccc32)cnc2c(N3C[C@H](C)C[C@H](C)C3)c(F)ccc12. The maximum Gasteiger partial charge on any atom is 0.253 e. The van der Waals surface area contributed by atoms with Gasteiger partial charge in [-0.2, -0.15) is 0 Å². The van der Waals surface area contributed by atoms with Crippen LogP contribution in [0.5, 0.6) is 5.75 Å². The summed E-state index contributed by atoms with van der Waals surface area (Å²) in [5.41, 5.74) is 3.65. The number of para-hydroxylation sites is 1. The van der Waals surface area contributed by atoms with Gasteiger partial charge in [0, 0.05) is 36.7 Å². The fraction of sp³-hybridized carbons (Fsp3) is 0.448. The monoisotopic (exact) mass is 475 g/mol. The van der Waals surface area contributed by atoms with Crippen LogP contribution in [0.4, 0.5) is 10.1 Å². The van der Waals surface area contributed by atoms with Gasteiger partial charge in [-0.05, 0) is 47.9 Å². The van der Waals surface area contributed by atoms with Crippen molar-refractivity contribution in [2.24, 2.45) is 11.8 Å². The number of aromatic nitrogens is 1. The topological polar surface area (TPSA) is 54.5 Å². The summed E-state index contributed by atoms with van der Waals surface area (Å²) < 4.78 is 21.0. The second kappa shape index (κ2) is 9.48. The molecular weight excluding hydrogens is 441 g/mol. The smallest absolute Gasteiger partial charge is 0.253 e. The van der Waals surface area contributed by atoms with Gasteiger partial charge in [0.1, 0.15) is 11.6 Å². The maximum atomic E-state index is 15.2. The zero-order chi connectivity index (χ0) is 24.7. The average molecular weight is 476 g/mol. The molecule has 1 saturated heterocycles. The van der Waals surface area contributed by atoms with Gasteiger partial charge in [0.25, 0.3) is 5.91 Å². The molecule has 2 aliphatic rings. The lowest BCUT2D eigenvalue weighted by Gasteiger charge is -2.37. The van der Waals surface area contributed by atoms with E-state index < -0.39 is 0 Å². The number of anilines is 1. The van der Waals surface area contributed by atoms with E-state index in [0.29, 0.717) is 41.6 Å². The van der Waals surface area contributed by atoms with Crippen molar-refractivity contribution in [2.45, 2.75) is 52.5 Å². The molecule has 6 heteroatoms. The zero-order valence-corrected chi connectivity index (χ0v) is 21.0. The number of carbonyl (C=O) groups is 1. The summed E-state index contributed by atoms with van der Waals surface area (Å²) in [6.07, 6.45) is 3.49. The van der Waals surface area contributed by atoms with Crippen molar-refractivity contribution in [3.63, 3.8) is 0 Å². The van der Waals surface area contributed by atoms with Crippen LogP contribution in [-0.4, -0.2) is 30.6 Å². The molecule has 3 atom stereocenters. The molecule has 0 saturated carbocycles. The number of nitrogens with zero attached hydrogens (tertiary/aromatic N) is 2. The largest absolute Gasteiger partial charge is 0.493 e. The van der Waals surface area contributed by atoms with E-state index in [0.717, 1.165) is 41.8 Å². The molecule has 184 valence electrons. The van der Waals surface area contributed by atoms with E-state index in [9.17, 15) is 4.79 Å². The van der Waals surface area contributed by atoms with E-state index >= 15 is 4.39 Å². The van der Waals surface area contributed by atoms with Gasteiger partial charge in [0.15, 0.2) is 0 Å². The highest BCUT2D eigenvalue weighted by atomic mass is 19.1. The normalized spacial score (nSPS) is 22.1. The van der Waals surface area contributed by atoms with Crippen molar-refractivity contribution in [3.05, 3.63) is 65.1 Å². The molecule has 3 aromatic rings. The molecule has 0 aliphatic carbocycles. The molecule has 0 spiro atoms. The molecule has 1 aromatic heterocycles. The Kier molecular flexibility index (Phi) is 6.39. The first-order valence-corrected chi connectivity index (χ1v) is 12.7. The minimum Gasteiger partial charge on any atom is -0.493 e. The van der Waals surface area contributed by atoms with Crippen LogP contribution in [0.25, 0.3) is 10.9 Å². The number of ether oxygens (including phenoxy) is 1. The summed E-state index contributed by atoms with van der Waals surface area (Å²) in [6.45, 7) is 10.8. The molecule has 1 fully saturated rings. The van der Waals surface area contributed by atoms with Crippen molar-refractivity contribution < 1.29 is 13.9 Å². The van der Waals surface area contributed by atoms with Crippen LogP contribution >= 0.6 is 0 Å². The molecule has 0 unspecified atom stereocenters. The number of hydrogen-bond acceptors (Lipinski definition) is 4. The van der Waals surface area contributed by atoms with E-state index in [2.05, 4.69) is 37.9 Å². The predicted octanol–water partition coefficient (Wildman–Crippen LogP) is 6.23. The second-order valence-corrected chi connectivity index (χ2v) is 10.6. The van der Waals surface area contributed by atoms with Crippen LogP contribution in [0.15, 0.2) is 42.6 Å². The summed E-state index contributed by atoms with van der Waals surface area (Å²) in [7, 11) is 0. The van der Waals surface area contributed by atoms with Crippen molar-refractivity contribution >= 4 is 22.5 Å². The van der Waals surface area contributed by atoms with Gasteiger partial charge in [0.05, 0.1) is 29.4 Å². The van der Waals surface area contributed by atoms with Gasteiger partial charge in [-0.3, -0.25) is 9.78 Å². The minimum atomic E-state index is -0.253.